The van der Waals surface area contributed by atoms with E-state index in [0.717, 1.165) is 28.7 Å². The lowest BCUT2D eigenvalue weighted by Crippen LogP contribution is -2.51. The van der Waals surface area contributed by atoms with Crippen molar-refractivity contribution < 1.29 is 9.59 Å². The second kappa shape index (κ2) is 11.2. The van der Waals surface area contributed by atoms with Gasteiger partial charge in [0, 0.05) is 17.6 Å². The van der Waals surface area contributed by atoms with E-state index in [-0.39, 0.29) is 24.3 Å². The van der Waals surface area contributed by atoms with Crippen molar-refractivity contribution in [3.63, 3.8) is 0 Å². The first-order valence-corrected chi connectivity index (χ1v) is 11.0. The number of rotatable bonds is 9. The van der Waals surface area contributed by atoms with Crippen LogP contribution in [0.1, 0.15) is 55.9 Å². The van der Waals surface area contributed by atoms with Crippen LogP contribution in [-0.2, 0) is 22.6 Å². The minimum Gasteiger partial charge on any atom is -0.352 e. The van der Waals surface area contributed by atoms with Crippen molar-refractivity contribution in [1.29, 1.82) is 0 Å². The standard InChI is InChI=1S/C25H33ClN2O2/c1-6-19(5)27-25(30)23(7-2)28(16-20-10-8-9-11-22(20)26)24(29)15-21-14-17(3)12-13-18(21)4/h8-14,19,23H,6-7,15-16H2,1-5H3,(H,27,30). The summed E-state index contributed by atoms with van der Waals surface area (Å²) in [6.07, 6.45) is 1.62. The average molecular weight is 429 g/mol. The molecule has 162 valence electrons. The molecule has 2 rings (SSSR count). The molecule has 4 nitrogen and oxygen atoms in total. The fraction of sp³-hybridized carbons (Fsp3) is 0.440. The summed E-state index contributed by atoms with van der Waals surface area (Å²) in [5.74, 6) is -0.192. The minimum atomic E-state index is -0.548. The van der Waals surface area contributed by atoms with Crippen molar-refractivity contribution in [2.24, 2.45) is 0 Å². The number of amides is 2. The molecular formula is C25H33ClN2O2. The van der Waals surface area contributed by atoms with Crippen LogP contribution in [0.3, 0.4) is 0 Å². The predicted octanol–water partition coefficient (Wildman–Crippen LogP) is 5.22. The van der Waals surface area contributed by atoms with Crippen LogP contribution < -0.4 is 5.32 Å². The Morgan fingerprint density at radius 2 is 1.73 bits per heavy atom. The molecule has 0 saturated carbocycles. The number of benzene rings is 2. The fourth-order valence-corrected chi connectivity index (χ4v) is 3.62. The molecule has 2 amide bonds. The summed E-state index contributed by atoms with van der Waals surface area (Å²) in [6, 6.07) is 13.1. The molecule has 2 atom stereocenters. The van der Waals surface area contributed by atoms with Crippen LogP contribution in [0.5, 0.6) is 0 Å². The van der Waals surface area contributed by atoms with Crippen molar-refractivity contribution in [3.8, 4) is 0 Å². The van der Waals surface area contributed by atoms with Crippen molar-refractivity contribution in [2.45, 2.75) is 72.5 Å². The molecule has 0 heterocycles. The summed E-state index contributed by atoms with van der Waals surface area (Å²) in [4.78, 5) is 28.1. The maximum Gasteiger partial charge on any atom is 0.243 e. The number of carbonyl (C=O) groups excluding carboxylic acids is 2. The SMILES string of the molecule is CCC(C)NC(=O)C(CC)N(Cc1ccccc1Cl)C(=O)Cc1cc(C)ccc1C. The Kier molecular flexibility index (Phi) is 8.91. The Bertz CT molecular complexity index is 881. The summed E-state index contributed by atoms with van der Waals surface area (Å²) < 4.78 is 0. The molecule has 0 radical (unpaired) electrons. The Morgan fingerprint density at radius 1 is 1.03 bits per heavy atom. The molecule has 5 heteroatoms. The normalized spacial score (nSPS) is 12.9. The molecule has 0 aromatic heterocycles. The number of aryl methyl sites for hydroxylation is 2. The lowest BCUT2D eigenvalue weighted by molar-refractivity contribution is -0.141. The van der Waals surface area contributed by atoms with Crippen LogP contribution >= 0.6 is 11.6 Å². The maximum atomic E-state index is 13.5. The molecule has 0 fully saturated rings. The lowest BCUT2D eigenvalue weighted by Gasteiger charge is -2.32. The Balaban J connectivity index is 2.35. The van der Waals surface area contributed by atoms with E-state index in [4.69, 9.17) is 11.6 Å². The summed E-state index contributed by atoms with van der Waals surface area (Å²) in [6.45, 7) is 10.3. The Labute approximate surface area is 185 Å². The van der Waals surface area contributed by atoms with Gasteiger partial charge in [0.2, 0.25) is 11.8 Å². The van der Waals surface area contributed by atoms with Gasteiger partial charge < -0.3 is 10.2 Å². The lowest BCUT2D eigenvalue weighted by atomic mass is 10.0. The molecule has 0 aliphatic rings. The van der Waals surface area contributed by atoms with Crippen molar-refractivity contribution in [2.75, 3.05) is 0 Å². The van der Waals surface area contributed by atoms with Crippen molar-refractivity contribution >= 4 is 23.4 Å². The van der Waals surface area contributed by atoms with E-state index < -0.39 is 6.04 Å². The largest absolute Gasteiger partial charge is 0.352 e. The molecular weight excluding hydrogens is 396 g/mol. The topological polar surface area (TPSA) is 49.4 Å². The van der Waals surface area contributed by atoms with E-state index in [1.165, 1.54) is 0 Å². The smallest absolute Gasteiger partial charge is 0.243 e. The van der Waals surface area contributed by atoms with Gasteiger partial charge in [-0.15, -0.1) is 0 Å². The molecule has 2 aromatic rings. The highest BCUT2D eigenvalue weighted by molar-refractivity contribution is 6.31. The molecule has 30 heavy (non-hydrogen) atoms. The fourth-order valence-electron chi connectivity index (χ4n) is 3.43. The third-order valence-electron chi connectivity index (χ3n) is 5.53. The van der Waals surface area contributed by atoms with Crippen LogP contribution in [0.15, 0.2) is 42.5 Å². The Morgan fingerprint density at radius 3 is 2.37 bits per heavy atom. The van der Waals surface area contributed by atoms with Crippen LogP contribution in [0, 0.1) is 13.8 Å². The zero-order valence-electron chi connectivity index (χ0n) is 18.7. The highest BCUT2D eigenvalue weighted by atomic mass is 35.5. The van der Waals surface area contributed by atoms with Gasteiger partial charge in [-0.25, -0.2) is 0 Å². The van der Waals surface area contributed by atoms with E-state index in [1.54, 1.807) is 4.90 Å². The van der Waals surface area contributed by atoms with Crippen LogP contribution in [-0.4, -0.2) is 28.8 Å². The highest BCUT2D eigenvalue weighted by Crippen LogP contribution is 2.21. The molecule has 1 N–H and O–H groups in total. The second-order valence-corrected chi connectivity index (χ2v) is 8.37. The minimum absolute atomic E-state index is 0.0582. The number of carbonyl (C=O) groups is 2. The van der Waals surface area contributed by atoms with Gasteiger partial charge in [-0.05, 0) is 56.4 Å². The van der Waals surface area contributed by atoms with E-state index in [1.807, 2.05) is 77.1 Å². The molecule has 2 aromatic carbocycles. The van der Waals surface area contributed by atoms with Gasteiger partial charge in [0.1, 0.15) is 6.04 Å². The van der Waals surface area contributed by atoms with Crippen LogP contribution in [0.4, 0.5) is 0 Å². The quantitative estimate of drug-likeness (QED) is 0.595. The maximum absolute atomic E-state index is 13.5. The number of nitrogens with one attached hydrogen (secondary N) is 1. The molecule has 2 unspecified atom stereocenters. The number of hydrogen-bond donors (Lipinski definition) is 1. The van der Waals surface area contributed by atoms with E-state index in [0.29, 0.717) is 18.0 Å². The van der Waals surface area contributed by atoms with E-state index in [2.05, 4.69) is 5.32 Å². The predicted molar refractivity (Wildman–Crippen MR) is 124 cm³/mol. The van der Waals surface area contributed by atoms with Gasteiger partial charge in [-0.1, -0.05) is 67.4 Å². The van der Waals surface area contributed by atoms with Gasteiger partial charge >= 0.3 is 0 Å². The molecule has 0 bridgehead atoms. The average Bonchev–Trinajstić information content (AvgIpc) is 2.71. The molecule has 0 aliphatic carbocycles. The van der Waals surface area contributed by atoms with Crippen molar-refractivity contribution in [3.05, 3.63) is 69.7 Å². The summed E-state index contributed by atoms with van der Waals surface area (Å²) >= 11 is 6.37. The monoisotopic (exact) mass is 428 g/mol. The summed E-state index contributed by atoms with van der Waals surface area (Å²) in [5, 5.41) is 3.63. The first-order chi connectivity index (χ1) is 14.3. The third kappa shape index (κ3) is 6.33. The van der Waals surface area contributed by atoms with Gasteiger partial charge in [-0.3, -0.25) is 9.59 Å². The molecule has 0 spiro atoms. The number of halogens is 1. The third-order valence-corrected chi connectivity index (χ3v) is 5.90. The van der Waals surface area contributed by atoms with Crippen LogP contribution in [0.25, 0.3) is 0 Å². The summed E-state index contributed by atoms with van der Waals surface area (Å²) in [7, 11) is 0. The first-order valence-electron chi connectivity index (χ1n) is 10.7. The zero-order valence-corrected chi connectivity index (χ0v) is 19.4. The zero-order chi connectivity index (χ0) is 22.3. The van der Waals surface area contributed by atoms with E-state index in [9.17, 15) is 9.59 Å². The first kappa shape index (κ1) is 23.9. The number of hydrogen-bond acceptors (Lipinski definition) is 2. The van der Waals surface area contributed by atoms with Crippen LogP contribution in [0.2, 0.25) is 5.02 Å². The van der Waals surface area contributed by atoms with Gasteiger partial charge in [-0.2, -0.15) is 0 Å². The van der Waals surface area contributed by atoms with Crippen molar-refractivity contribution in [1.82, 2.24) is 10.2 Å². The van der Waals surface area contributed by atoms with Gasteiger partial charge in [0.15, 0.2) is 0 Å². The Hall–Kier alpha value is -2.33. The second-order valence-electron chi connectivity index (χ2n) is 7.96. The molecule has 0 saturated heterocycles. The highest BCUT2D eigenvalue weighted by Gasteiger charge is 2.29. The number of nitrogens with zero attached hydrogens (tertiary/aromatic N) is 1. The summed E-state index contributed by atoms with van der Waals surface area (Å²) in [5.41, 5.74) is 4.01. The van der Waals surface area contributed by atoms with Gasteiger partial charge in [0.05, 0.1) is 6.42 Å². The molecule has 0 aliphatic heterocycles. The van der Waals surface area contributed by atoms with Gasteiger partial charge in [0.25, 0.3) is 0 Å². The van der Waals surface area contributed by atoms with E-state index >= 15 is 0 Å².